The minimum atomic E-state index is -5.47. The van der Waals surface area contributed by atoms with Crippen LogP contribution in [-0.2, 0) is 16.3 Å². The molecule has 0 aromatic heterocycles. The summed E-state index contributed by atoms with van der Waals surface area (Å²) in [6.07, 6.45) is 1.79. The van der Waals surface area contributed by atoms with Crippen molar-refractivity contribution in [3.63, 3.8) is 0 Å². The largest absolute Gasteiger partial charge is 0.508 e. The molecule has 0 heterocycles. The normalized spacial score (nSPS) is 14.7. The average Bonchev–Trinajstić information content (AvgIpc) is 3.10. The standard InChI is InChI=1S/C32H42F5NO3S2/c1-38(20-8-22-42-21-7-18-31(33,34)32(35,36)37)19-5-3-4-10-30-28(24-12-15-27(16-13-24)43(2,40)41)11-6-9-25-23-26(39)14-17-29(25)30/h12-17,23,39H,3-11,18-22H2,1-2H3. The third kappa shape index (κ3) is 10.8. The first-order valence-corrected chi connectivity index (χ1v) is 17.8. The number of nitrogens with zero attached hydrogens (tertiary/aromatic N) is 1. The Labute approximate surface area is 256 Å². The van der Waals surface area contributed by atoms with Gasteiger partial charge in [-0.3, -0.25) is 0 Å². The van der Waals surface area contributed by atoms with Crippen molar-refractivity contribution in [2.75, 3.05) is 37.9 Å². The van der Waals surface area contributed by atoms with Gasteiger partial charge < -0.3 is 10.0 Å². The van der Waals surface area contributed by atoms with E-state index in [4.69, 9.17) is 0 Å². The lowest BCUT2D eigenvalue weighted by Crippen LogP contribution is -2.36. The molecule has 2 aromatic rings. The molecule has 2 aromatic carbocycles. The van der Waals surface area contributed by atoms with Crippen LogP contribution in [0.25, 0.3) is 11.1 Å². The van der Waals surface area contributed by atoms with Gasteiger partial charge in [-0.2, -0.15) is 33.7 Å². The number of unbranched alkanes of at least 4 members (excludes halogenated alkanes) is 2. The number of rotatable bonds is 16. The second-order valence-corrected chi connectivity index (χ2v) is 14.6. The molecule has 1 aliphatic rings. The molecule has 0 spiro atoms. The lowest BCUT2D eigenvalue weighted by molar-refractivity contribution is -0.284. The maximum atomic E-state index is 13.0. The highest BCUT2D eigenvalue weighted by molar-refractivity contribution is 7.99. The molecular formula is C32H42F5NO3S2. The van der Waals surface area contributed by atoms with Crippen LogP contribution < -0.4 is 0 Å². The van der Waals surface area contributed by atoms with E-state index in [1.165, 1.54) is 29.2 Å². The van der Waals surface area contributed by atoms with E-state index in [0.717, 1.165) is 86.9 Å². The second kappa shape index (κ2) is 15.8. The summed E-state index contributed by atoms with van der Waals surface area (Å²) in [4.78, 5) is 2.52. The van der Waals surface area contributed by atoms with E-state index in [9.17, 15) is 35.5 Å². The number of phenolic OH excluding ortho intramolecular Hbond substituents is 1. The lowest BCUT2D eigenvalue weighted by atomic mass is 9.89. The van der Waals surface area contributed by atoms with Gasteiger partial charge in [0.2, 0.25) is 0 Å². The first-order chi connectivity index (χ1) is 20.2. The Morgan fingerprint density at radius 1 is 0.884 bits per heavy atom. The number of aryl methyl sites for hydroxylation is 1. The average molecular weight is 648 g/mol. The quantitative estimate of drug-likeness (QED) is 0.146. The van der Waals surface area contributed by atoms with E-state index in [-0.39, 0.29) is 17.9 Å². The van der Waals surface area contributed by atoms with Crippen molar-refractivity contribution in [3.05, 3.63) is 59.2 Å². The van der Waals surface area contributed by atoms with Gasteiger partial charge in [0.25, 0.3) is 0 Å². The van der Waals surface area contributed by atoms with Crippen molar-refractivity contribution >= 4 is 32.7 Å². The maximum Gasteiger partial charge on any atom is 0.453 e. The number of aromatic hydroxyl groups is 1. The highest BCUT2D eigenvalue weighted by Gasteiger charge is 2.56. The zero-order valence-electron chi connectivity index (χ0n) is 24.9. The minimum Gasteiger partial charge on any atom is -0.508 e. The summed E-state index contributed by atoms with van der Waals surface area (Å²) in [5, 5.41) is 10.1. The molecule has 1 N–H and O–H groups in total. The molecule has 0 unspecified atom stereocenters. The number of sulfone groups is 1. The predicted molar refractivity (Wildman–Crippen MR) is 166 cm³/mol. The Bertz CT molecular complexity index is 1330. The van der Waals surface area contributed by atoms with E-state index in [1.807, 2.05) is 31.3 Å². The van der Waals surface area contributed by atoms with Crippen molar-refractivity contribution in [1.82, 2.24) is 4.90 Å². The van der Waals surface area contributed by atoms with Gasteiger partial charge in [0, 0.05) is 12.7 Å². The van der Waals surface area contributed by atoms with Gasteiger partial charge in [0.15, 0.2) is 9.84 Å². The van der Waals surface area contributed by atoms with Crippen LogP contribution in [0.1, 0.15) is 74.5 Å². The lowest BCUT2D eigenvalue weighted by Gasteiger charge is -2.19. The molecule has 3 rings (SSSR count). The van der Waals surface area contributed by atoms with Gasteiger partial charge in [0.05, 0.1) is 4.90 Å². The second-order valence-electron chi connectivity index (χ2n) is 11.3. The van der Waals surface area contributed by atoms with Gasteiger partial charge in [-0.15, -0.1) is 0 Å². The summed E-state index contributed by atoms with van der Waals surface area (Å²) in [5.74, 6) is -3.35. The molecule has 0 fully saturated rings. The summed E-state index contributed by atoms with van der Waals surface area (Å²) >= 11 is 1.41. The molecule has 0 atom stereocenters. The third-order valence-electron chi connectivity index (χ3n) is 7.77. The van der Waals surface area contributed by atoms with E-state index in [1.54, 1.807) is 18.2 Å². The van der Waals surface area contributed by atoms with Crippen molar-refractivity contribution in [2.24, 2.45) is 0 Å². The summed E-state index contributed by atoms with van der Waals surface area (Å²) in [5.41, 5.74) is 5.77. The fourth-order valence-corrected chi connectivity index (χ4v) is 6.92. The fourth-order valence-electron chi connectivity index (χ4n) is 5.41. The van der Waals surface area contributed by atoms with E-state index in [2.05, 4.69) is 4.90 Å². The van der Waals surface area contributed by atoms with Crippen LogP contribution in [0.3, 0.4) is 0 Å². The number of allylic oxidation sites excluding steroid dienone is 2. The monoisotopic (exact) mass is 647 g/mol. The molecule has 0 radical (unpaired) electrons. The number of hydrogen-bond acceptors (Lipinski definition) is 5. The molecular weight excluding hydrogens is 605 g/mol. The Balaban J connectivity index is 1.48. The molecule has 240 valence electrons. The highest BCUT2D eigenvalue weighted by atomic mass is 32.2. The van der Waals surface area contributed by atoms with Gasteiger partial charge in [0.1, 0.15) is 5.75 Å². The van der Waals surface area contributed by atoms with Gasteiger partial charge in [-0.05, 0) is 135 Å². The SMILES string of the molecule is CN(CCCCCC1=C(c2ccc(S(C)(=O)=O)cc2)CCCc2cc(O)ccc21)CCCSCCCC(F)(F)C(F)(F)F. The fraction of sp³-hybridized carbons (Fsp3) is 0.562. The van der Waals surface area contributed by atoms with Crippen LogP contribution in [0.5, 0.6) is 5.75 Å². The topological polar surface area (TPSA) is 57.6 Å². The minimum absolute atomic E-state index is 0.164. The van der Waals surface area contributed by atoms with Crippen molar-refractivity contribution in [2.45, 2.75) is 81.2 Å². The van der Waals surface area contributed by atoms with Crippen molar-refractivity contribution in [3.8, 4) is 5.75 Å². The van der Waals surface area contributed by atoms with E-state index < -0.39 is 28.4 Å². The Hall–Kier alpha value is -2.11. The van der Waals surface area contributed by atoms with E-state index >= 15 is 0 Å². The Kier molecular flexibility index (Phi) is 13.0. The molecule has 1 aliphatic carbocycles. The van der Waals surface area contributed by atoms with Gasteiger partial charge >= 0.3 is 12.1 Å². The zero-order chi connectivity index (χ0) is 31.7. The van der Waals surface area contributed by atoms with Gasteiger partial charge in [-0.25, -0.2) is 8.42 Å². The molecule has 11 heteroatoms. The number of halogens is 5. The van der Waals surface area contributed by atoms with Crippen molar-refractivity contribution in [1.29, 1.82) is 0 Å². The molecule has 43 heavy (non-hydrogen) atoms. The molecule has 0 saturated carbocycles. The number of benzene rings is 2. The number of hydrogen-bond donors (Lipinski definition) is 1. The first-order valence-electron chi connectivity index (χ1n) is 14.7. The predicted octanol–water partition coefficient (Wildman–Crippen LogP) is 8.64. The third-order valence-corrected chi connectivity index (χ3v) is 10.1. The smallest absolute Gasteiger partial charge is 0.453 e. The maximum absolute atomic E-state index is 13.0. The molecule has 0 aliphatic heterocycles. The molecule has 0 saturated heterocycles. The Morgan fingerprint density at radius 3 is 2.23 bits per heavy atom. The van der Waals surface area contributed by atoms with Crippen LogP contribution in [0.4, 0.5) is 22.0 Å². The van der Waals surface area contributed by atoms with Crippen LogP contribution in [0, 0.1) is 0 Å². The van der Waals surface area contributed by atoms with Gasteiger partial charge in [-0.1, -0.05) is 24.6 Å². The molecule has 0 amide bonds. The number of fused-ring (bicyclic) bond motifs is 1. The van der Waals surface area contributed by atoms with Crippen molar-refractivity contribution < 1.29 is 35.5 Å². The summed E-state index contributed by atoms with van der Waals surface area (Å²) in [7, 11) is -1.25. The first kappa shape index (κ1) is 35.4. The van der Waals surface area contributed by atoms with Crippen LogP contribution in [0.15, 0.2) is 47.4 Å². The zero-order valence-corrected chi connectivity index (χ0v) is 26.5. The summed E-state index contributed by atoms with van der Waals surface area (Å²) in [6.45, 7) is 1.74. The molecule has 4 nitrogen and oxygen atoms in total. The number of phenols is 1. The van der Waals surface area contributed by atoms with Crippen LogP contribution >= 0.6 is 11.8 Å². The highest BCUT2D eigenvalue weighted by Crippen LogP contribution is 2.40. The van der Waals surface area contributed by atoms with Crippen LogP contribution in [-0.4, -0.2) is 68.4 Å². The van der Waals surface area contributed by atoms with Crippen LogP contribution in [0.2, 0.25) is 0 Å². The number of alkyl halides is 5. The summed E-state index contributed by atoms with van der Waals surface area (Å²) in [6, 6.07) is 12.7. The molecule has 0 bridgehead atoms. The number of thioether (sulfide) groups is 1. The summed E-state index contributed by atoms with van der Waals surface area (Å²) < 4.78 is 86.5. The van der Waals surface area contributed by atoms with E-state index in [0.29, 0.717) is 4.90 Å². The Morgan fingerprint density at radius 2 is 1.56 bits per heavy atom.